The van der Waals surface area contributed by atoms with Crippen LogP contribution < -0.4 is 0 Å². The Morgan fingerprint density at radius 3 is 2.15 bits per heavy atom. The van der Waals surface area contributed by atoms with E-state index in [1.54, 1.807) is 6.08 Å². The van der Waals surface area contributed by atoms with E-state index >= 15 is 0 Å². The maximum absolute atomic E-state index is 12.0. The number of aryl methyl sites for hydroxylation is 1. The van der Waals surface area contributed by atoms with Crippen LogP contribution in [0.25, 0.3) is 0 Å². The maximum atomic E-state index is 12.0. The normalized spacial score (nSPS) is 12.1. The van der Waals surface area contributed by atoms with Crippen molar-refractivity contribution in [3.05, 3.63) is 48.0 Å². The van der Waals surface area contributed by atoms with E-state index in [9.17, 15) is 17.2 Å². The van der Waals surface area contributed by atoms with Crippen LogP contribution in [0.4, 0.5) is 8.78 Å². The topological polar surface area (TPSA) is 74.6 Å². The molecule has 0 spiro atoms. The van der Waals surface area contributed by atoms with Crippen LogP contribution in [0.2, 0.25) is 0 Å². The lowest BCUT2D eigenvalue weighted by Crippen LogP contribution is -2.11. The molecule has 0 aromatic heterocycles. The van der Waals surface area contributed by atoms with Crippen molar-refractivity contribution in [1.82, 2.24) is 0 Å². The second kappa shape index (κ2) is 8.78. The third-order valence-corrected chi connectivity index (χ3v) is 1.97. The van der Waals surface area contributed by atoms with Crippen molar-refractivity contribution in [2.24, 2.45) is 0 Å². The molecule has 4 nitrogen and oxygen atoms in total. The highest BCUT2D eigenvalue weighted by molar-refractivity contribution is 7.85. The van der Waals surface area contributed by atoms with E-state index in [2.05, 4.69) is 0 Å². The van der Waals surface area contributed by atoms with E-state index in [4.69, 9.17) is 9.66 Å². The minimum absolute atomic E-state index is 0.609. The van der Waals surface area contributed by atoms with E-state index in [-0.39, 0.29) is 0 Å². The number of hydrogen-bond donors (Lipinski definition) is 2. The lowest BCUT2D eigenvalue weighted by atomic mass is 10.1. The molecule has 2 N–H and O–H groups in total. The largest absolute Gasteiger partial charge is 0.356 e. The summed E-state index contributed by atoms with van der Waals surface area (Å²) in [5, 5.41) is 8.15. The first-order valence-electron chi connectivity index (χ1n) is 5.79. The lowest BCUT2D eigenvalue weighted by molar-refractivity contribution is -0.194. The van der Waals surface area contributed by atoms with Crippen molar-refractivity contribution in [2.45, 2.75) is 25.4 Å². The Labute approximate surface area is 117 Å². The maximum Gasteiger partial charge on any atom is 0.356 e. The van der Waals surface area contributed by atoms with Gasteiger partial charge in [0.05, 0.1) is 12.7 Å². The van der Waals surface area contributed by atoms with Crippen molar-refractivity contribution in [1.29, 1.82) is 0 Å². The lowest BCUT2D eigenvalue weighted by Gasteiger charge is -2.03. The van der Waals surface area contributed by atoms with Gasteiger partial charge in [0, 0.05) is 0 Å². The summed E-state index contributed by atoms with van der Waals surface area (Å²) in [6.07, 6.45) is 1.03. The van der Waals surface area contributed by atoms with Crippen LogP contribution in [0, 0.1) is 0 Å². The first kappa shape index (κ1) is 18.7. The molecule has 20 heavy (non-hydrogen) atoms. The molecule has 0 saturated heterocycles. The van der Waals surface area contributed by atoms with Crippen LogP contribution in [0.15, 0.2) is 42.5 Å². The van der Waals surface area contributed by atoms with Gasteiger partial charge in [0.1, 0.15) is 0 Å². The standard InChI is InChI=1S/C12H14F2O.CH4O3S/c13-12(14,15)10-6-2-5-9-11-7-3-1-4-8-11;1-5(2,3)4/h1-4,6-8,15H,5,9-10H2;1H3,(H,2,3,4). The third kappa shape index (κ3) is 16.7. The number of alkyl halides is 2. The molecule has 0 bridgehead atoms. The Kier molecular flexibility index (Phi) is 8.21. The Bertz CT molecular complexity index is 485. The van der Waals surface area contributed by atoms with Crippen LogP contribution >= 0.6 is 0 Å². The molecule has 0 aliphatic rings. The predicted octanol–water partition coefficient (Wildman–Crippen LogP) is 2.65. The van der Waals surface area contributed by atoms with E-state index in [0.29, 0.717) is 12.7 Å². The quantitative estimate of drug-likeness (QED) is 0.648. The zero-order valence-corrected chi connectivity index (χ0v) is 11.9. The number of hydrogen-bond acceptors (Lipinski definition) is 3. The fourth-order valence-electron chi connectivity index (χ4n) is 1.24. The molecule has 0 fully saturated rings. The molecule has 0 atom stereocenters. The molecular weight excluding hydrogens is 290 g/mol. The third-order valence-electron chi connectivity index (χ3n) is 1.97. The minimum atomic E-state index is -3.67. The molecule has 1 aromatic carbocycles. The van der Waals surface area contributed by atoms with E-state index < -0.39 is 22.6 Å². The minimum Gasteiger partial charge on any atom is -0.336 e. The fraction of sp³-hybridized carbons (Fsp3) is 0.385. The Morgan fingerprint density at radius 1 is 1.20 bits per heavy atom. The van der Waals surface area contributed by atoms with Gasteiger partial charge in [-0.15, -0.1) is 0 Å². The monoisotopic (exact) mass is 308 g/mol. The van der Waals surface area contributed by atoms with Gasteiger partial charge in [0.2, 0.25) is 0 Å². The van der Waals surface area contributed by atoms with Gasteiger partial charge >= 0.3 is 6.11 Å². The molecule has 0 amide bonds. The van der Waals surface area contributed by atoms with Crippen LogP contribution in [0.5, 0.6) is 0 Å². The SMILES string of the molecule is CS(=O)(=O)O.OC(F)(F)CC=CCCc1ccccc1. The van der Waals surface area contributed by atoms with Crippen molar-refractivity contribution in [3.63, 3.8) is 0 Å². The summed E-state index contributed by atoms with van der Waals surface area (Å²) in [5.41, 5.74) is 1.18. The van der Waals surface area contributed by atoms with Crippen molar-refractivity contribution in [3.8, 4) is 0 Å². The zero-order chi connectivity index (χ0) is 15.6. The van der Waals surface area contributed by atoms with E-state index in [1.807, 2.05) is 30.3 Å². The molecule has 0 aliphatic heterocycles. The van der Waals surface area contributed by atoms with Crippen molar-refractivity contribution >= 4 is 10.1 Å². The Balaban J connectivity index is 0.000000621. The van der Waals surface area contributed by atoms with E-state index in [0.717, 1.165) is 6.42 Å². The van der Waals surface area contributed by atoms with Gasteiger partial charge in [-0.25, -0.2) is 0 Å². The first-order chi connectivity index (χ1) is 9.08. The molecule has 1 aromatic rings. The number of rotatable bonds is 5. The number of halogens is 2. The second-order valence-electron chi connectivity index (χ2n) is 4.10. The van der Waals surface area contributed by atoms with Crippen LogP contribution in [0.1, 0.15) is 18.4 Å². The van der Waals surface area contributed by atoms with Gasteiger partial charge in [0.15, 0.2) is 0 Å². The molecule has 7 heteroatoms. The summed E-state index contributed by atoms with van der Waals surface area (Å²) < 4.78 is 49.8. The molecule has 114 valence electrons. The molecular formula is C13H18F2O4S. The Hall–Kier alpha value is -1.31. The second-order valence-corrected chi connectivity index (χ2v) is 5.56. The highest BCUT2D eigenvalue weighted by atomic mass is 32.2. The van der Waals surface area contributed by atoms with Crippen LogP contribution in [-0.4, -0.2) is 30.4 Å². The van der Waals surface area contributed by atoms with Crippen molar-refractivity contribution < 1.29 is 26.9 Å². The van der Waals surface area contributed by atoms with E-state index in [1.165, 1.54) is 11.6 Å². The summed E-state index contributed by atoms with van der Waals surface area (Å²) in [5.74, 6) is 0. The van der Waals surface area contributed by atoms with Gasteiger partial charge in [-0.3, -0.25) is 4.55 Å². The molecule has 0 radical (unpaired) electrons. The van der Waals surface area contributed by atoms with Crippen LogP contribution in [-0.2, 0) is 16.5 Å². The van der Waals surface area contributed by atoms with Gasteiger partial charge in [-0.2, -0.15) is 17.2 Å². The highest BCUT2D eigenvalue weighted by Gasteiger charge is 2.20. The molecule has 0 saturated carbocycles. The highest BCUT2D eigenvalue weighted by Crippen LogP contribution is 2.14. The molecule has 1 rings (SSSR count). The molecule has 0 unspecified atom stereocenters. The summed E-state index contributed by atoms with van der Waals surface area (Å²) in [4.78, 5) is 0. The van der Waals surface area contributed by atoms with Crippen molar-refractivity contribution in [2.75, 3.05) is 6.26 Å². The molecule has 0 heterocycles. The van der Waals surface area contributed by atoms with Gasteiger partial charge in [-0.1, -0.05) is 42.5 Å². The summed E-state index contributed by atoms with van der Waals surface area (Å²) in [6, 6.07) is 9.82. The summed E-state index contributed by atoms with van der Waals surface area (Å²) >= 11 is 0. The smallest absolute Gasteiger partial charge is 0.336 e. The fourth-order valence-corrected chi connectivity index (χ4v) is 1.24. The summed E-state index contributed by atoms with van der Waals surface area (Å²) in [7, 11) is -3.67. The predicted molar refractivity (Wildman–Crippen MR) is 73.2 cm³/mol. The Morgan fingerprint density at radius 2 is 1.70 bits per heavy atom. The average molecular weight is 308 g/mol. The number of aliphatic hydroxyl groups is 1. The molecule has 0 aliphatic carbocycles. The average Bonchev–Trinajstić information content (AvgIpc) is 2.26. The first-order valence-corrected chi connectivity index (χ1v) is 7.64. The zero-order valence-electron chi connectivity index (χ0n) is 11.0. The van der Waals surface area contributed by atoms with Crippen LogP contribution in [0.3, 0.4) is 0 Å². The van der Waals surface area contributed by atoms with Gasteiger partial charge in [0.25, 0.3) is 10.1 Å². The summed E-state index contributed by atoms with van der Waals surface area (Å²) in [6.45, 7) is 0. The van der Waals surface area contributed by atoms with Gasteiger partial charge < -0.3 is 5.11 Å². The number of allylic oxidation sites excluding steroid dienone is 1. The van der Waals surface area contributed by atoms with Gasteiger partial charge in [-0.05, 0) is 18.4 Å². The number of benzene rings is 1.